The number of rotatable bonds is 7. The molecule has 0 aromatic carbocycles. The molecular weight excluding hydrogens is 342 g/mol. The van der Waals surface area contributed by atoms with Gasteiger partial charge in [-0.05, 0) is 24.5 Å². The lowest BCUT2D eigenvalue weighted by Crippen LogP contribution is -2.24. The normalized spacial score (nSPS) is 15.2. The van der Waals surface area contributed by atoms with E-state index in [-0.39, 0.29) is 5.91 Å². The summed E-state index contributed by atoms with van der Waals surface area (Å²) < 4.78 is 0.824. The van der Waals surface area contributed by atoms with E-state index in [9.17, 15) is 4.79 Å². The van der Waals surface area contributed by atoms with Gasteiger partial charge in [0, 0.05) is 25.0 Å². The van der Waals surface area contributed by atoms with E-state index in [1.807, 2.05) is 12.1 Å². The lowest BCUT2D eigenvalue weighted by molar-refractivity contribution is -0.118. The van der Waals surface area contributed by atoms with Crippen LogP contribution in [0.15, 0.2) is 28.9 Å². The summed E-state index contributed by atoms with van der Waals surface area (Å²) in [5.41, 5.74) is 0.991. The molecule has 1 aliphatic rings. The lowest BCUT2D eigenvalue weighted by atomic mass is 9.96. The Morgan fingerprint density at radius 1 is 1.29 bits per heavy atom. The molecule has 0 bridgehead atoms. The van der Waals surface area contributed by atoms with Crippen molar-refractivity contribution in [2.45, 2.75) is 49.0 Å². The molecule has 3 rings (SSSR count). The lowest BCUT2D eigenvalue weighted by Gasteiger charge is -2.21. The first kappa shape index (κ1) is 17.2. The fourth-order valence-electron chi connectivity index (χ4n) is 2.63. The molecule has 1 saturated carbocycles. The summed E-state index contributed by atoms with van der Waals surface area (Å²) in [6.07, 6.45) is 9.79. The van der Waals surface area contributed by atoms with Crippen LogP contribution in [0.3, 0.4) is 0 Å². The van der Waals surface area contributed by atoms with Crippen molar-refractivity contribution in [1.29, 1.82) is 0 Å². The SMILES string of the molecule is O=C(CSc1nnc(NC2CCCCC2)s1)NCc1cccnc1. The minimum Gasteiger partial charge on any atom is -0.357 e. The number of carbonyl (C=O) groups is 1. The number of pyridine rings is 1. The monoisotopic (exact) mass is 363 g/mol. The molecule has 1 amide bonds. The zero-order valence-electron chi connectivity index (χ0n) is 13.4. The Hall–Kier alpha value is -1.67. The number of thioether (sulfide) groups is 1. The van der Waals surface area contributed by atoms with E-state index in [1.54, 1.807) is 12.4 Å². The van der Waals surface area contributed by atoms with Gasteiger partial charge in [-0.15, -0.1) is 10.2 Å². The number of carbonyl (C=O) groups excluding carboxylic acids is 1. The van der Waals surface area contributed by atoms with Gasteiger partial charge in [0.15, 0.2) is 4.34 Å². The first-order valence-corrected chi connectivity index (χ1v) is 9.98. The number of nitrogens with zero attached hydrogens (tertiary/aromatic N) is 3. The van der Waals surface area contributed by atoms with E-state index in [4.69, 9.17) is 0 Å². The van der Waals surface area contributed by atoms with Crippen LogP contribution in [0.2, 0.25) is 0 Å². The minimum absolute atomic E-state index is 0.0131. The summed E-state index contributed by atoms with van der Waals surface area (Å²) in [6.45, 7) is 0.498. The van der Waals surface area contributed by atoms with Crippen molar-refractivity contribution in [3.05, 3.63) is 30.1 Å². The van der Waals surface area contributed by atoms with E-state index < -0.39 is 0 Å². The summed E-state index contributed by atoms with van der Waals surface area (Å²) in [5, 5.41) is 15.5. The number of aromatic nitrogens is 3. The molecule has 0 unspecified atom stereocenters. The maximum Gasteiger partial charge on any atom is 0.230 e. The molecule has 24 heavy (non-hydrogen) atoms. The van der Waals surface area contributed by atoms with Crippen molar-refractivity contribution in [2.75, 3.05) is 11.1 Å². The van der Waals surface area contributed by atoms with Gasteiger partial charge < -0.3 is 10.6 Å². The maximum atomic E-state index is 11.9. The highest BCUT2D eigenvalue weighted by Gasteiger charge is 2.15. The van der Waals surface area contributed by atoms with Crippen molar-refractivity contribution in [3.8, 4) is 0 Å². The van der Waals surface area contributed by atoms with Crippen molar-refractivity contribution >= 4 is 34.1 Å². The van der Waals surface area contributed by atoms with Crippen molar-refractivity contribution in [2.24, 2.45) is 0 Å². The number of anilines is 1. The summed E-state index contributed by atoms with van der Waals surface area (Å²) in [6, 6.07) is 4.32. The summed E-state index contributed by atoms with van der Waals surface area (Å²) in [5.74, 6) is 0.332. The van der Waals surface area contributed by atoms with Gasteiger partial charge in [-0.2, -0.15) is 0 Å². The molecule has 0 radical (unpaired) electrons. The number of nitrogens with one attached hydrogen (secondary N) is 2. The summed E-state index contributed by atoms with van der Waals surface area (Å²) in [4.78, 5) is 15.9. The highest BCUT2D eigenvalue weighted by Crippen LogP contribution is 2.28. The molecule has 2 aromatic rings. The molecule has 1 fully saturated rings. The van der Waals surface area contributed by atoms with E-state index in [0.717, 1.165) is 15.0 Å². The molecule has 1 aliphatic carbocycles. The van der Waals surface area contributed by atoms with Crippen LogP contribution < -0.4 is 10.6 Å². The number of hydrogen-bond donors (Lipinski definition) is 2. The maximum absolute atomic E-state index is 11.9. The van der Waals surface area contributed by atoms with Gasteiger partial charge in [0.05, 0.1) is 5.75 Å². The Balaban J connectivity index is 1.39. The van der Waals surface area contributed by atoms with Crippen molar-refractivity contribution in [1.82, 2.24) is 20.5 Å². The van der Waals surface area contributed by atoms with Crippen LogP contribution in [0.5, 0.6) is 0 Å². The molecule has 0 spiro atoms. The standard InChI is InChI=1S/C16H21N5OS2/c22-14(18-10-12-5-4-8-17-9-12)11-23-16-21-20-15(24-16)19-13-6-2-1-3-7-13/h4-5,8-9,13H,1-3,6-7,10-11H2,(H,18,22)(H,19,20). The molecule has 6 nitrogen and oxygen atoms in total. The van der Waals surface area contributed by atoms with Crippen molar-refractivity contribution in [3.63, 3.8) is 0 Å². The average molecular weight is 364 g/mol. The molecule has 0 saturated heterocycles. The van der Waals surface area contributed by atoms with Gasteiger partial charge in [0.1, 0.15) is 0 Å². The predicted molar refractivity (Wildman–Crippen MR) is 97.2 cm³/mol. The number of hydrogen-bond acceptors (Lipinski definition) is 7. The smallest absolute Gasteiger partial charge is 0.230 e. The first-order chi connectivity index (χ1) is 11.8. The summed E-state index contributed by atoms with van der Waals surface area (Å²) in [7, 11) is 0. The van der Waals surface area contributed by atoms with Crippen LogP contribution >= 0.6 is 23.1 Å². The zero-order valence-corrected chi connectivity index (χ0v) is 15.0. The van der Waals surface area contributed by atoms with Crippen LogP contribution in [0.1, 0.15) is 37.7 Å². The van der Waals surface area contributed by atoms with Gasteiger partial charge in [-0.3, -0.25) is 9.78 Å². The molecule has 2 aromatic heterocycles. The van der Waals surface area contributed by atoms with E-state index in [0.29, 0.717) is 18.3 Å². The second kappa shape index (κ2) is 8.98. The Morgan fingerprint density at radius 3 is 2.96 bits per heavy atom. The van der Waals surface area contributed by atoms with Crippen molar-refractivity contribution < 1.29 is 4.79 Å². The molecule has 0 aliphatic heterocycles. The van der Waals surface area contributed by atoms with Gasteiger partial charge in [-0.1, -0.05) is 48.4 Å². The third kappa shape index (κ3) is 5.45. The fraction of sp³-hybridized carbons (Fsp3) is 0.500. The fourth-order valence-corrected chi connectivity index (χ4v) is 4.29. The van der Waals surface area contributed by atoms with Crippen LogP contribution in [0.4, 0.5) is 5.13 Å². The van der Waals surface area contributed by atoms with Crippen LogP contribution in [0, 0.1) is 0 Å². The third-order valence-electron chi connectivity index (χ3n) is 3.88. The zero-order chi connectivity index (χ0) is 16.6. The number of amides is 1. The quantitative estimate of drug-likeness (QED) is 0.736. The largest absolute Gasteiger partial charge is 0.357 e. The predicted octanol–water partition coefficient (Wildman–Crippen LogP) is 3.09. The molecule has 0 atom stereocenters. The third-order valence-corrected chi connectivity index (χ3v) is 5.87. The second-order valence-electron chi connectivity index (χ2n) is 5.78. The van der Waals surface area contributed by atoms with Crippen LogP contribution in [0.25, 0.3) is 0 Å². The summed E-state index contributed by atoms with van der Waals surface area (Å²) >= 11 is 2.95. The molecule has 2 N–H and O–H groups in total. The van der Waals surface area contributed by atoms with Gasteiger partial charge >= 0.3 is 0 Å². The topological polar surface area (TPSA) is 79.8 Å². The molecule has 2 heterocycles. The molecule has 8 heteroatoms. The van der Waals surface area contributed by atoms with E-state index in [1.165, 1.54) is 55.2 Å². The Bertz CT molecular complexity index is 643. The average Bonchev–Trinajstić information content (AvgIpc) is 3.07. The second-order valence-corrected chi connectivity index (χ2v) is 7.98. The molecule has 128 valence electrons. The van der Waals surface area contributed by atoms with Gasteiger partial charge in [0.2, 0.25) is 11.0 Å². The van der Waals surface area contributed by atoms with Gasteiger partial charge in [-0.25, -0.2) is 0 Å². The Kier molecular flexibility index (Phi) is 6.42. The Morgan fingerprint density at radius 2 is 2.17 bits per heavy atom. The van der Waals surface area contributed by atoms with Crippen LogP contribution in [-0.4, -0.2) is 32.9 Å². The Labute approximate surface area is 149 Å². The highest BCUT2D eigenvalue weighted by molar-refractivity contribution is 8.01. The highest BCUT2D eigenvalue weighted by atomic mass is 32.2. The minimum atomic E-state index is -0.0131. The van der Waals surface area contributed by atoms with E-state index in [2.05, 4.69) is 25.8 Å². The van der Waals surface area contributed by atoms with Gasteiger partial charge in [0.25, 0.3) is 0 Å². The van der Waals surface area contributed by atoms with Crippen LogP contribution in [-0.2, 0) is 11.3 Å². The van der Waals surface area contributed by atoms with E-state index >= 15 is 0 Å². The molecular formula is C16H21N5OS2. The first-order valence-electron chi connectivity index (χ1n) is 8.18.